The quantitative estimate of drug-likeness (QED) is 0.0468. The van der Waals surface area contributed by atoms with Crippen LogP contribution in [0, 0.1) is 0 Å². The van der Waals surface area contributed by atoms with Crippen LogP contribution in [0.15, 0.2) is 42.5 Å². The van der Waals surface area contributed by atoms with E-state index >= 15 is 0 Å². The molecule has 6 heterocycles. The van der Waals surface area contributed by atoms with Crippen LogP contribution in [0.2, 0.25) is 0 Å². The lowest BCUT2D eigenvalue weighted by Gasteiger charge is -2.37. The number of nitrogens with two attached hydrogens (primary N) is 1. The molecule has 0 bridgehead atoms. The highest BCUT2D eigenvalue weighted by Crippen LogP contribution is 2.59. The minimum atomic E-state index is -5.85. The molecule has 10 N–H and O–H groups in total. The van der Waals surface area contributed by atoms with E-state index in [9.17, 15) is 61.5 Å². The number of halogens is 2. The van der Waals surface area contributed by atoms with Gasteiger partial charge in [-0.2, -0.15) is 8.78 Å². The van der Waals surface area contributed by atoms with Gasteiger partial charge in [0.05, 0.1) is 0 Å². The summed E-state index contributed by atoms with van der Waals surface area (Å²) >= 11 is 0. The molecule has 5 aliphatic heterocycles. The number of carbonyl (C=O) groups excluding carboxylic acids is 8. The number of unbranched alkanes of at least 4 members (excludes halogenated alkanes) is 2. The Labute approximate surface area is 425 Å². The molecular formula is C49H64F2N11O11P. The summed E-state index contributed by atoms with van der Waals surface area (Å²) in [5.41, 5.74) is 2.45. The van der Waals surface area contributed by atoms with Gasteiger partial charge in [0, 0.05) is 90.9 Å². The molecule has 0 aliphatic carbocycles. The van der Waals surface area contributed by atoms with Gasteiger partial charge in [0.2, 0.25) is 35.4 Å². The molecule has 0 radical (unpaired) electrons. The molecule has 5 aliphatic rings. The number of aromatic amines is 1. The van der Waals surface area contributed by atoms with E-state index in [0.29, 0.717) is 50.9 Å². The van der Waals surface area contributed by atoms with E-state index in [1.807, 2.05) is 17.0 Å². The minimum Gasteiger partial charge on any atom is -0.382 e. The summed E-state index contributed by atoms with van der Waals surface area (Å²) in [6.45, 7) is 3.82. The van der Waals surface area contributed by atoms with E-state index in [1.165, 1.54) is 11.0 Å². The largest absolute Gasteiger partial charge is 0.399 e. The highest BCUT2D eigenvalue weighted by atomic mass is 31.2. The van der Waals surface area contributed by atoms with Gasteiger partial charge in [-0.05, 0) is 108 Å². The number of hydrogen-bond acceptors (Lipinski definition) is 12. The third kappa shape index (κ3) is 12.1. The Morgan fingerprint density at radius 2 is 1.72 bits per heavy atom. The normalized spacial score (nSPS) is 22.7. The van der Waals surface area contributed by atoms with E-state index in [2.05, 4.69) is 36.5 Å². The number of likely N-dealkylation sites (tertiary alicyclic amines) is 1. The number of imide groups is 1. The van der Waals surface area contributed by atoms with Gasteiger partial charge in [-0.3, -0.25) is 48.2 Å². The lowest BCUT2D eigenvalue weighted by Crippen LogP contribution is -2.61. The number of alkyl halides is 2. The topological polar surface area (TPSA) is 309 Å². The van der Waals surface area contributed by atoms with E-state index in [0.717, 1.165) is 74.8 Å². The molecule has 0 spiro atoms. The number of hydrogen-bond donors (Lipinski definition) is 9. The molecule has 8 rings (SSSR count). The average Bonchev–Trinajstić information content (AvgIpc) is 4.08. The summed E-state index contributed by atoms with van der Waals surface area (Å²) < 4.78 is 40.4. The number of rotatable bonds is 19. The molecule has 8 amide bonds. The lowest BCUT2D eigenvalue weighted by atomic mass is 10.0. The first-order valence-corrected chi connectivity index (χ1v) is 26.8. The van der Waals surface area contributed by atoms with Crippen molar-refractivity contribution in [2.24, 2.45) is 5.73 Å². The highest BCUT2D eigenvalue weighted by molar-refractivity contribution is 7.52. The van der Waals surface area contributed by atoms with Crippen LogP contribution in [0.1, 0.15) is 109 Å². The van der Waals surface area contributed by atoms with Crippen LogP contribution in [0.3, 0.4) is 0 Å². The molecule has 2 aromatic carbocycles. The molecule has 4 fully saturated rings. The van der Waals surface area contributed by atoms with Gasteiger partial charge < -0.3 is 61.4 Å². The van der Waals surface area contributed by atoms with Crippen molar-refractivity contribution in [1.82, 2.24) is 45.9 Å². The predicted octanol–water partition coefficient (Wildman–Crippen LogP) is 1.56. The minimum absolute atomic E-state index is 0.0684. The summed E-state index contributed by atoms with van der Waals surface area (Å²) in [4.78, 5) is 133. The lowest BCUT2D eigenvalue weighted by molar-refractivity contribution is -0.144. The van der Waals surface area contributed by atoms with Crippen LogP contribution in [0.25, 0.3) is 10.9 Å². The van der Waals surface area contributed by atoms with Crippen molar-refractivity contribution >= 4 is 71.4 Å². The summed E-state index contributed by atoms with van der Waals surface area (Å²) in [6.07, 6.45) is 5.67. The Bertz CT molecular complexity index is 2730. The smallest absolute Gasteiger partial charge is 0.382 e. The van der Waals surface area contributed by atoms with E-state index in [1.54, 1.807) is 18.0 Å². The molecule has 1 unspecified atom stereocenters. The number of carbonyl (C=O) groups is 8. The second kappa shape index (κ2) is 22.6. The summed E-state index contributed by atoms with van der Waals surface area (Å²) in [6, 6.07) is 5.54. The van der Waals surface area contributed by atoms with E-state index < -0.39 is 78.4 Å². The Morgan fingerprint density at radius 3 is 2.45 bits per heavy atom. The summed E-state index contributed by atoms with van der Waals surface area (Å²) in [7, 11) is -4.07. The molecule has 400 valence electrons. The Kier molecular flexibility index (Phi) is 16.5. The fourth-order valence-electron chi connectivity index (χ4n) is 10.8. The number of nitrogens with one attached hydrogen (secondary N) is 6. The van der Waals surface area contributed by atoms with Crippen molar-refractivity contribution in [3.63, 3.8) is 0 Å². The number of amides is 8. The zero-order chi connectivity index (χ0) is 53.1. The highest BCUT2D eigenvalue weighted by Gasteiger charge is 2.51. The third-order valence-corrected chi connectivity index (χ3v) is 15.9. The van der Waals surface area contributed by atoms with Crippen LogP contribution >= 0.6 is 7.60 Å². The van der Waals surface area contributed by atoms with Crippen molar-refractivity contribution in [3.8, 4) is 0 Å². The number of primary amides is 1. The molecule has 22 nitrogen and oxygen atoms in total. The van der Waals surface area contributed by atoms with Crippen LogP contribution in [0.4, 0.5) is 14.5 Å². The second-order valence-electron chi connectivity index (χ2n) is 20.0. The number of benzene rings is 2. The van der Waals surface area contributed by atoms with Crippen molar-refractivity contribution in [2.75, 3.05) is 51.6 Å². The first-order valence-electron chi connectivity index (χ1n) is 25.2. The molecular weight excluding hydrogens is 988 g/mol. The molecule has 1 aromatic heterocycles. The number of H-pyrrole nitrogens is 1. The molecule has 3 aromatic rings. The van der Waals surface area contributed by atoms with Crippen molar-refractivity contribution in [1.29, 1.82) is 0 Å². The first kappa shape index (κ1) is 53.9. The van der Waals surface area contributed by atoms with Gasteiger partial charge in [-0.1, -0.05) is 18.6 Å². The standard InChI is InChI=1S/C49H64F2N11O11P/c1-59-21-18-31-9-12-40(62(31)48(70)38(27-59)57-44(66)37-25-28-24-29(8-10-34(28)55-37)49(50,51)74(71,72)73)46(68)56-36(11-14-41(52)63)43(65)53-19-3-2-4-20-60-22-16-30(17-23-60)54-35-7-5-6-32-33(35)26-61(47(32)69)39-13-15-42(64)58-45(39)67/h5-8,10,24-25,30-31,36,38-40,54-55H,2-4,9,11-23,26-27H2,1H3,(H2,52,63)(H,53,65)(H,56,68)(H,57,66)(H,58,64,67)(H2,71,72,73)/t31-,36+,38+,39?,40+/m1/s1. The maximum Gasteiger partial charge on any atom is 0.399 e. The van der Waals surface area contributed by atoms with Gasteiger partial charge in [0.15, 0.2) is 0 Å². The summed E-state index contributed by atoms with van der Waals surface area (Å²) in [5.74, 6) is -4.04. The van der Waals surface area contributed by atoms with Gasteiger partial charge in [-0.15, -0.1) is 0 Å². The molecule has 4 saturated heterocycles. The zero-order valence-corrected chi connectivity index (χ0v) is 42.0. The van der Waals surface area contributed by atoms with Crippen molar-refractivity contribution in [2.45, 2.75) is 126 Å². The number of piperidine rings is 2. The van der Waals surface area contributed by atoms with Crippen LogP contribution in [0.5, 0.6) is 0 Å². The monoisotopic (exact) mass is 1050 g/mol. The molecule has 74 heavy (non-hydrogen) atoms. The number of aromatic nitrogens is 1. The zero-order valence-electron chi connectivity index (χ0n) is 41.1. The van der Waals surface area contributed by atoms with Crippen molar-refractivity contribution in [3.05, 3.63) is 64.8 Å². The number of fused-ring (bicyclic) bond motifs is 3. The van der Waals surface area contributed by atoms with Crippen molar-refractivity contribution < 1.29 is 61.5 Å². The SMILES string of the molecule is CN1CC[C@H]2CC[C@@H](C(=O)N[C@@H](CCC(N)=O)C(=O)NCCCCCN3CCC(Nc4cccc5c4CN(C4CCC(=O)NC4=O)C5=O)CC3)N2C(=O)[C@@H](NC(=O)c2cc3cc(C(F)(F)P(=O)(O)O)ccc3[nH]2)C1. The van der Waals surface area contributed by atoms with Gasteiger partial charge in [-0.25, -0.2) is 0 Å². The fourth-order valence-corrected chi connectivity index (χ4v) is 11.3. The van der Waals surface area contributed by atoms with Gasteiger partial charge in [0.1, 0.15) is 29.9 Å². The van der Waals surface area contributed by atoms with Crippen LogP contribution in [-0.2, 0) is 45.5 Å². The number of anilines is 1. The maximum atomic E-state index is 14.5. The number of likely N-dealkylation sites (N-methyl/N-ethyl adjacent to an activating group) is 1. The molecule has 5 atom stereocenters. The molecule has 0 saturated carbocycles. The Balaban J connectivity index is 0.793. The average molecular weight is 1050 g/mol. The molecule has 25 heteroatoms. The predicted molar refractivity (Wildman–Crippen MR) is 264 cm³/mol. The second-order valence-corrected chi connectivity index (χ2v) is 21.7. The van der Waals surface area contributed by atoms with Gasteiger partial charge >= 0.3 is 13.3 Å². The van der Waals surface area contributed by atoms with Crippen LogP contribution < -0.4 is 32.3 Å². The van der Waals surface area contributed by atoms with E-state index in [4.69, 9.17) is 5.73 Å². The number of nitrogens with zero attached hydrogens (tertiary/aromatic N) is 4. The fraction of sp³-hybridized carbons (Fsp3) is 0.551. The van der Waals surface area contributed by atoms with Gasteiger partial charge in [0.25, 0.3) is 11.8 Å². The van der Waals surface area contributed by atoms with Crippen LogP contribution in [-0.4, -0.2) is 164 Å². The maximum absolute atomic E-state index is 14.5. The Morgan fingerprint density at radius 1 is 0.946 bits per heavy atom. The first-order chi connectivity index (χ1) is 35.2. The third-order valence-electron chi connectivity index (χ3n) is 14.9. The summed E-state index contributed by atoms with van der Waals surface area (Å²) in [5, 5.41) is 14.4. The van der Waals surface area contributed by atoms with E-state index in [-0.39, 0.29) is 72.7 Å². The Hall–Kier alpha value is -6.33.